The van der Waals surface area contributed by atoms with E-state index in [0.29, 0.717) is 6.42 Å². The molecule has 5 nitrogen and oxygen atoms in total. The van der Waals surface area contributed by atoms with E-state index < -0.39 is 16.0 Å². The number of halogens is 3. The predicted octanol–water partition coefficient (Wildman–Crippen LogP) is 2.65. The maximum atomic E-state index is 11.7. The Labute approximate surface area is 133 Å². The lowest BCUT2D eigenvalue weighted by Gasteiger charge is -2.42. The van der Waals surface area contributed by atoms with Crippen LogP contribution in [-0.2, 0) is 9.47 Å². The molecule has 1 fully saturated rings. The molecule has 0 radical (unpaired) electrons. The van der Waals surface area contributed by atoms with Crippen molar-refractivity contribution in [3.8, 4) is 0 Å². The molecule has 1 saturated heterocycles. The first-order valence-corrected chi connectivity index (χ1v) is 7.62. The van der Waals surface area contributed by atoms with Gasteiger partial charge in [-0.3, -0.25) is 0 Å². The summed E-state index contributed by atoms with van der Waals surface area (Å²) in [5, 5.41) is 12.8. The van der Waals surface area contributed by atoms with Gasteiger partial charge in [-0.05, 0) is 13.3 Å². The van der Waals surface area contributed by atoms with Crippen LogP contribution in [0.2, 0.25) is 0 Å². The van der Waals surface area contributed by atoms with Gasteiger partial charge in [0.2, 0.25) is 3.79 Å². The zero-order valence-corrected chi connectivity index (χ0v) is 13.9. The minimum Gasteiger partial charge on any atom is -0.445 e. The van der Waals surface area contributed by atoms with Crippen LogP contribution >= 0.6 is 34.8 Å². The van der Waals surface area contributed by atoms with E-state index >= 15 is 0 Å². The van der Waals surface area contributed by atoms with Gasteiger partial charge in [-0.15, -0.1) is 0 Å². The van der Waals surface area contributed by atoms with E-state index in [1.165, 1.54) is 0 Å². The van der Waals surface area contributed by atoms with Crippen molar-refractivity contribution >= 4 is 40.9 Å². The van der Waals surface area contributed by atoms with E-state index in [4.69, 9.17) is 44.3 Å². The van der Waals surface area contributed by atoms with Gasteiger partial charge in [-0.1, -0.05) is 48.7 Å². The highest BCUT2D eigenvalue weighted by atomic mass is 35.6. The van der Waals surface area contributed by atoms with Gasteiger partial charge in [0.1, 0.15) is 6.61 Å². The number of nitrogens with one attached hydrogen (secondary N) is 1. The van der Waals surface area contributed by atoms with Crippen LogP contribution in [0.5, 0.6) is 0 Å². The third kappa shape index (κ3) is 5.11. The minimum atomic E-state index is -1.65. The largest absolute Gasteiger partial charge is 0.445 e. The Bertz CT molecular complexity index is 337. The lowest BCUT2D eigenvalue weighted by molar-refractivity contribution is -0.150. The number of hydrogen-bond donors (Lipinski definition) is 2. The molecule has 0 bridgehead atoms. The van der Waals surface area contributed by atoms with Gasteiger partial charge in [-0.2, -0.15) is 0 Å². The fourth-order valence-electron chi connectivity index (χ4n) is 2.33. The SMILES string of the molecule is CCC1O[C@@H](C)C(NC(=O)OCC(Cl)(Cl)Cl)[C@@H](C)[C@@H]1O. The average Bonchev–Trinajstić information content (AvgIpc) is 2.35. The summed E-state index contributed by atoms with van der Waals surface area (Å²) in [4.78, 5) is 11.7. The fraction of sp³-hybridized carbons (Fsp3) is 0.917. The van der Waals surface area contributed by atoms with Crippen LogP contribution in [0.15, 0.2) is 0 Å². The van der Waals surface area contributed by atoms with Gasteiger partial charge >= 0.3 is 6.09 Å². The Hall–Kier alpha value is 0.0600. The third-order valence-electron chi connectivity index (χ3n) is 3.44. The second-order valence-corrected chi connectivity index (χ2v) is 7.52. The van der Waals surface area contributed by atoms with Crippen molar-refractivity contribution in [3.05, 3.63) is 0 Å². The second-order valence-electron chi connectivity index (χ2n) is 5.00. The fourth-order valence-corrected chi connectivity index (χ4v) is 2.49. The van der Waals surface area contributed by atoms with Gasteiger partial charge in [0, 0.05) is 5.92 Å². The van der Waals surface area contributed by atoms with Gasteiger partial charge in [0.25, 0.3) is 0 Å². The summed E-state index contributed by atoms with van der Waals surface area (Å²) in [6, 6.07) is -0.365. The molecule has 1 amide bonds. The summed E-state index contributed by atoms with van der Waals surface area (Å²) < 4.78 is 8.84. The topological polar surface area (TPSA) is 67.8 Å². The molecule has 0 aliphatic carbocycles. The first-order chi connectivity index (χ1) is 9.15. The van der Waals surface area contributed by atoms with Crippen molar-refractivity contribution in [3.63, 3.8) is 0 Å². The standard InChI is InChI=1S/C12H20Cl3NO4/c1-4-8-10(17)6(2)9(7(3)20-8)16-11(18)19-5-12(13,14)15/h6-10,17H,4-5H2,1-3H3,(H,16,18)/t6-,7+,8?,9?,10+/m1/s1. The molecule has 0 aromatic carbocycles. The van der Waals surface area contributed by atoms with Crippen molar-refractivity contribution in [1.29, 1.82) is 0 Å². The molecule has 1 rings (SSSR count). The van der Waals surface area contributed by atoms with Crippen molar-refractivity contribution in [2.75, 3.05) is 6.61 Å². The number of hydrogen-bond acceptors (Lipinski definition) is 4. The van der Waals surface area contributed by atoms with E-state index in [-0.39, 0.29) is 30.8 Å². The highest BCUT2D eigenvalue weighted by Gasteiger charge is 2.41. The lowest BCUT2D eigenvalue weighted by atomic mass is 9.85. The number of aliphatic hydroxyl groups is 1. The van der Waals surface area contributed by atoms with Crippen molar-refractivity contribution in [2.24, 2.45) is 5.92 Å². The monoisotopic (exact) mass is 347 g/mol. The van der Waals surface area contributed by atoms with Gasteiger partial charge in [0.05, 0.1) is 24.4 Å². The molecule has 0 aromatic rings. The molecule has 2 N–H and O–H groups in total. The number of ether oxygens (including phenoxy) is 2. The van der Waals surface area contributed by atoms with Crippen LogP contribution in [0.25, 0.3) is 0 Å². The zero-order valence-electron chi connectivity index (χ0n) is 11.6. The molecular formula is C12H20Cl3NO4. The molecule has 0 aromatic heterocycles. The molecule has 20 heavy (non-hydrogen) atoms. The van der Waals surface area contributed by atoms with Crippen LogP contribution in [-0.4, -0.2) is 46.0 Å². The zero-order chi connectivity index (χ0) is 15.5. The first kappa shape index (κ1) is 18.1. The number of amides is 1. The van der Waals surface area contributed by atoms with Crippen LogP contribution < -0.4 is 5.32 Å². The van der Waals surface area contributed by atoms with Gasteiger partial charge in [-0.25, -0.2) is 4.79 Å². The normalized spacial score (nSPS) is 34.6. The summed E-state index contributed by atoms with van der Waals surface area (Å²) in [7, 11) is 0. The molecule has 8 heteroatoms. The number of rotatable bonds is 3. The summed E-state index contributed by atoms with van der Waals surface area (Å²) in [5.41, 5.74) is 0. The van der Waals surface area contributed by atoms with Crippen LogP contribution in [0.4, 0.5) is 4.79 Å². The number of alkyl halides is 3. The highest BCUT2D eigenvalue weighted by Crippen LogP contribution is 2.28. The lowest BCUT2D eigenvalue weighted by Crippen LogP contribution is -2.58. The maximum absolute atomic E-state index is 11.7. The molecule has 1 aliphatic rings. The van der Waals surface area contributed by atoms with E-state index in [2.05, 4.69) is 5.32 Å². The first-order valence-electron chi connectivity index (χ1n) is 6.49. The minimum absolute atomic E-state index is 0.163. The predicted molar refractivity (Wildman–Crippen MR) is 78.4 cm³/mol. The number of carbonyl (C=O) groups is 1. The number of alkyl carbamates (subject to hydrolysis) is 1. The Morgan fingerprint density at radius 3 is 2.50 bits per heavy atom. The molecule has 5 atom stereocenters. The maximum Gasteiger partial charge on any atom is 0.407 e. The quantitative estimate of drug-likeness (QED) is 0.769. The molecule has 0 spiro atoms. The number of aliphatic hydroxyl groups excluding tert-OH is 1. The van der Waals surface area contributed by atoms with E-state index in [9.17, 15) is 9.90 Å². The average molecular weight is 349 g/mol. The molecule has 1 aliphatic heterocycles. The summed E-state index contributed by atoms with van der Waals surface area (Å²) in [5.74, 6) is -0.163. The van der Waals surface area contributed by atoms with Crippen molar-refractivity contribution in [2.45, 2.75) is 55.3 Å². The molecule has 0 saturated carbocycles. The molecule has 2 unspecified atom stereocenters. The van der Waals surface area contributed by atoms with E-state index in [0.717, 1.165) is 0 Å². The molecule has 1 heterocycles. The van der Waals surface area contributed by atoms with Crippen molar-refractivity contribution in [1.82, 2.24) is 5.32 Å². The van der Waals surface area contributed by atoms with Crippen LogP contribution in [0.3, 0.4) is 0 Å². The summed E-state index contributed by atoms with van der Waals surface area (Å²) in [6.45, 7) is 5.29. The van der Waals surface area contributed by atoms with E-state index in [1.54, 1.807) is 0 Å². The van der Waals surface area contributed by atoms with E-state index in [1.807, 2.05) is 20.8 Å². The molecular weight excluding hydrogens is 328 g/mol. The molecule has 118 valence electrons. The Morgan fingerprint density at radius 1 is 1.40 bits per heavy atom. The highest BCUT2D eigenvalue weighted by molar-refractivity contribution is 6.67. The van der Waals surface area contributed by atoms with Crippen LogP contribution in [0, 0.1) is 5.92 Å². The second kappa shape index (κ2) is 7.36. The summed E-state index contributed by atoms with van der Waals surface area (Å²) in [6.07, 6.45) is -1.10. The number of carbonyl (C=O) groups excluding carboxylic acids is 1. The van der Waals surface area contributed by atoms with Gasteiger partial charge in [0.15, 0.2) is 0 Å². The van der Waals surface area contributed by atoms with Crippen molar-refractivity contribution < 1.29 is 19.4 Å². The summed E-state index contributed by atoms with van der Waals surface area (Å²) >= 11 is 16.5. The third-order valence-corrected chi connectivity index (χ3v) is 3.76. The smallest absolute Gasteiger partial charge is 0.407 e. The Kier molecular flexibility index (Phi) is 6.67. The van der Waals surface area contributed by atoms with Crippen LogP contribution in [0.1, 0.15) is 27.2 Å². The Morgan fingerprint density at radius 2 is 2.00 bits per heavy atom. The van der Waals surface area contributed by atoms with Gasteiger partial charge < -0.3 is 19.9 Å². The Balaban J connectivity index is 2.56.